The van der Waals surface area contributed by atoms with E-state index in [0.717, 1.165) is 17.7 Å². The molecule has 0 amide bonds. The van der Waals surface area contributed by atoms with Gasteiger partial charge in [0.25, 0.3) is 0 Å². The molecule has 0 unspecified atom stereocenters. The van der Waals surface area contributed by atoms with Crippen LogP contribution in [0.2, 0.25) is 0 Å². The van der Waals surface area contributed by atoms with Crippen LogP contribution >= 0.6 is 0 Å². The standard InChI is InChI=1S/C20H30O3S.C7H8O/c1-15(9-11-19(24(22)23)17(3)12-14-21)8-10-18-16(2)7-6-13-20(18,4)5;1-8-7-5-3-2-4-6-7/h8-10,12,21H,6-7,11,13-14H2,1-5H3;2-6H,1H3. The molecule has 0 spiro atoms. The molecule has 32 heavy (non-hydrogen) atoms. The van der Waals surface area contributed by atoms with Gasteiger partial charge in [0.05, 0.1) is 18.6 Å². The molecular formula is C27H38O4S. The van der Waals surface area contributed by atoms with Crippen LogP contribution in [0.25, 0.3) is 0 Å². The van der Waals surface area contributed by atoms with E-state index in [1.165, 1.54) is 30.1 Å². The third-order valence-corrected chi connectivity index (χ3v) is 6.57. The first-order valence-corrected chi connectivity index (χ1v) is 12.1. The highest BCUT2D eigenvalue weighted by molar-refractivity contribution is 7.73. The number of ether oxygens (including phenoxy) is 1. The normalized spacial score (nSPS) is 16.5. The third-order valence-electron chi connectivity index (χ3n) is 5.68. The lowest BCUT2D eigenvalue weighted by molar-refractivity contribution is 0.342. The predicted molar refractivity (Wildman–Crippen MR) is 136 cm³/mol. The summed E-state index contributed by atoms with van der Waals surface area (Å²) in [6.07, 6.45) is 11.6. The topological polar surface area (TPSA) is 63.6 Å². The summed E-state index contributed by atoms with van der Waals surface area (Å²) in [6.45, 7) is 10.3. The van der Waals surface area contributed by atoms with Gasteiger partial charge in [0.15, 0.2) is 0 Å². The van der Waals surface area contributed by atoms with Gasteiger partial charge in [-0.05, 0) is 68.7 Å². The maximum Gasteiger partial charge on any atom is 0.217 e. The van der Waals surface area contributed by atoms with E-state index >= 15 is 0 Å². The highest BCUT2D eigenvalue weighted by Crippen LogP contribution is 2.40. The molecule has 0 atom stereocenters. The lowest BCUT2D eigenvalue weighted by atomic mass is 9.72. The zero-order chi connectivity index (χ0) is 24.1. The zero-order valence-electron chi connectivity index (χ0n) is 20.3. The summed E-state index contributed by atoms with van der Waals surface area (Å²) >= 11 is 0. The van der Waals surface area contributed by atoms with Crippen LogP contribution < -0.4 is 4.74 Å². The van der Waals surface area contributed by atoms with Crippen molar-refractivity contribution >= 4 is 15.2 Å². The molecule has 4 nitrogen and oxygen atoms in total. The number of para-hydroxylation sites is 1. The number of allylic oxidation sites excluding steroid dienone is 7. The Bertz CT molecular complexity index is 983. The second-order valence-electron chi connectivity index (χ2n) is 8.66. The van der Waals surface area contributed by atoms with Crippen molar-refractivity contribution in [3.63, 3.8) is 0 Å². The quantitative estimate of drug-likeness (QED) is 0.305. The number of rotatable bonds is 7. The van der Waals surface area contributed by atoms with Crippen LogP contribution in [0.15, 0.2) is 76.9 Å². The maximum absolute atomic E-state index is 11.3. The van der Waals surface area contributed by atoms with Gasteiger partial charge in [-0.2, -0.15) is 8.42 Å². The fourth-order valence-electron chi connectivity index (χ4n) is 3.71. The third kappa shape index (κ3) is 9.41. The zero-order valence-corrected chi connectivity index (χ0v) is 21.1. The van der Waals surface area contributed by atoms with Crippen LogP contribution in [0.4, 0.5) is 0 Å². The van der Waals surface area contributed by atoms with E-state index in [0.29, 0.717) is 16.9 Å². The molecule has 1 aliphatic carbocycles. The molecule has 1 N–H and O–H groups in total. The Hall–Kier alpha value is -2.37. The van der Waals surface area contributed by atoms with Crippen molar-refractivity contribution in [3.05, 3.63) is 76.9 Å². The van der Waals surface area contributed by atoms with Gasteiger partial charge < -0.3 is 9.84 Å². The van der Waals surface area contributed by atoms with E-state index < -0.39 is 10.3 Å². The fraction of sp³-hybridized carbons (Fsp3) is 0.444. The van der Waals surface area contributed by atoms with E-state index in [2.05, 4.69) is 32.9 Å². The molecule has 0 heterocycles. The Balaban J connectivity index is 0.000000533. The van der Waals surface area contributed by atoms with Crippen LogP contribution in [0.5, 0.6) is 5.75 Å². The summed E-state index contributed by atoms with van der Waals surface area (Å²) in [5.41, 5.74) is 4.69. The highest BCUT2D eigenvalue weighted by atomic mass is 32.2. The summed E-state index contributed by atoms with van der Waals surface area (Å²) in [6, 6.07) is 9.68. The molecular weight excluding hydrogens is 420 g/mol. The summed E-state index contributed by atoms with van der Waals surface area (Å²) in [5, 5.41) is 8.92. The van der Waals surface area contributed by atoms with Crippen LogP contribution in [-0.4, -0.2) is 32.1 Å². The first kappa shape index (κ1) is 27.7. The lowest BCUT2D eigenvalue weighted by Crippen LogP contribution is -2.19. The van der Waals surface area contributed by atoms with E-state index in [9.17, 15) is 8.42 Å². The first-order chi connectivity index (χ1) is 15.1. The van der Waals surface area contributed by atoms with Gasteiger partial charge >= 0.3 is 0 Å². The van der Waals surface area contributed by atoms with Crippen molar-refractivity contribution in [3.8, 4) is 5.75 Å². The van der Waals surface area contributed by atoms with Crippen LogP contribution in [-0.2, 0) is 10.3 Å². The lowest BCUT2D eigenvalue weighted by Gasteiger charge is -2.32. The second kappa shape index (κ2) is 13.9. The Morgan fingerprint density at radius 1 is 1.16 bits per heavy atom. The van der Waals surface area contributed by atoms with Crippen LogP contribution in [0.3, 0.4) is 0 Å². The number of aliphatic hydroxyl groups excluding tert-OH is 1. The number of aliphatic hydroxyl groups is 1. The summed E-state index contributed by atoms with van der Waals surface area (Å²) in [5.74, 6) is 0.910. The number of hydrogen-bond donors (Lipinski definition) is 1. The van der Waals surface area contributed by atoms with Crippen molar-refractivity contribution in [1.29, 1.82) is 0 Å². The molecule has 176 valence electrons. The van der Waals surface area contributed by atoms with Crippen molar-refractivity contribution in [2.75, 3.05) is 13.7 Å². The second-order valence-corrected chi connectivity index (χ2v) is 9.62. The van der Waals surface area contributed by atoms with Crippen LogP contribution in [0.1, 0.15) is 60.3 Å². The smallest absolute Gasteiger partial charge is 0.217 e. The minimum atomic E-state index is -2.27. The molecule has 1 aromatic carbocycles. The van der Waals surface area contributed by atoms with Gasteiger partial charge in [-0.25, -0.2) is 0 Å². The molecule has 0 aromatic heterocycles. The SMILES string of the molecule is CC(C=CC1=C(C)CCCC1(C)C)=CCC(C(C)=CCO)=S(=O)=O.COc1ccccc1. The Morgan fingerprint density at radius 3 is 2.31 bits per heavy atom. The first-order valence-electron chi connectivity index (χ1n) is 11.0. The van der Waals surface area contributed by atoms with Crippen molar-refractivity contribution in [1.82, 2.24) is 0 Å². The molecule has 2 rings (SSSR count). The fourth-order valence-corrected chi connectivity index (χ4v) is 4.28. The molecule has 0 radical (unpaired) electrons. The predicted octanol–water partition coefficient (Wildman–Crippen LogP) is 6.09. The van der Waals surface area contributed by atoms with Gasteiger partial charge in [0, 0.05) is 6.42 Å². The summed E-state index contributed by atoms with van der Waals surface area (Å²) in [7, 11) is -0.606. The molecule has 0 saturated heterocycles. The number of hydrogen-bond acceptors (Lipinski definition) is 4. The Labute approximate surface area is 195 Å². The van der Waals surface area contributed by atoms with E-state index in [-0.39, 0.29) is 12.0 Å². The Kier molecular flexibility index (Phi) is 12.0. The van der Waals surface area contributed by atoms with Crippen LogP contribution in [0, 0.1) is 5.41 Å². The molecule has 0 bridgehead atoms. The summed E-state index contributed by atoms with van der Waals surface area (Å²) < 4.78 is 27.6. The molecule has 0 aliphatic heterocycles. The molecule has 0 fully saturated rings. The van der Waals surface area contributed by atoms with Gasteiger partial charge in [0.1, 0.15) is 5.75 Å². The van der Waals surface area contributed by atoms with E-state index in [1.54, 1.807) is 14.0 Å². The average Bonchev–Trinajstić information content (AvgIpc) is 2.74. The van der Waals surface area contributed by atoms with Gasteiger partial charge in [0.2, 0.25) is 10.3 Å². The van der Waals surface area contributed by atoms with Crippen molar-refractivity contribution in [2.45, 2.75) is 60.3 Å². The Morgan fingerprint density at radius 2 is 1.81 bits per heavy atom. The summed E-state index contributed by atoms with van der Waals surface area (Å²) in [4.78, 5) is 0.324. The van der Waals surface area contributed by atoms with E-state index in [1.807, 2.05) is 43.3 Å². The maximum atomic E-state index is 11.3. The minimum absolute atomic E-state index is 0.155. The minimum Gasteiger partial charge on any atom is -0.497 e. The van der Waals surface area contributed by atoms with Crippen molar-refractivity contribution in [2.24, 2.45) is 5.41 Å². The van der Waals surface area contributed by atoms with E-state index in [4.69, 9.17) is 9.84 Å². The van der Waals surface area contributed by atoms with Gasteiger partial charge in [-0.15, -0.1) is 0 Å². The van der Waals surface area contributed by atoms with Crippen molar-refractivity contribution < 1.29 is 18.3 Å². The van der Waals surface area contributed by atoms with Gasteiger partial charge in [-0.1, -0.05) is 67.5 Å². The monoisotopic (exact) mass is 458 g/mol. The largest absolute Gasteiger partial charge is 0.497 e. The molecule has 5 heteroatoms. The molecule has 1 aliphatic rings. The van der Waals surface area contributed by atoms with Gasteiger partial charge in [-0.3, -0.25) is 0 Å². The number of benzene rings is 1. The highest BCUT2D eigenvalue weighted by Gasteiger charge is 2.26. The number of methoxy groups -OCH3 is 1. The average molecular weight is 459 g/mol. The molecule has 0 saturated carbocycles. The molecule has 1 aromatic rings.